The number of nitrogens with zero attached hydrogens (tertiary/aromatic N) is 1. The van der Waals surface area contributed by atoms with Gasteiger partial charge in [-0.25, -0.2) is 4.79 Å². The first-order valence-electron chi connectivity index (χ1n) is 10.7. The van der Waals surface area contributed by atoms with Gasteiger partial charge in [0.25, 0.3) is 0 Å². The van der Waals surface area contributed by atoms with Gasteiger partial charge in [-0.05, 0) is 18.8 Å². The zero-order valence-corrected chi connectivity index (χ0v) is 19.7. The Morgan fingerprint density at radius 1 is 1.22 bits per heavy atom. The van der Waals surface area contributed by atoms with Gasteiger partial charge >= 0.3 is 5.97 Å². The van der Waals surface area contributed by atoms with Gasteiger partial charge in [0.1, 0.15) is 11.8 Å². The zero-order valence-electron chi connectivity index (χ0n) is 18.9. The minimum absolute atomic E-state index is 0.0375. The van der Waals surface area contributed by atoms with Crippen LogP contribution in [0.5, 0.6) is 0 Å². The van der Waals surface area contributed by atoms with Crippen LogP contribution in [0, 0.1) is 11.3 Å². The van der Waals surface area contributed by atoms with E-state index in [1.807, 2.05) is 6.92 Å². The van der Waals surface area contributed by atoms with E-state index >= 15 is 0 Å². The molecule has 0 aliphatic carbocycles. The third kappa shape index (κ3) is 5.62. The Morgan fingerprint density at radius 2 is 1.88 bits per heavy atom. The Kier molecular flexibility index (Phi) is 8.72. The van der Waals surface area contributed by atoms with Crippen LogP contribution in [-0.2, 0) is 19.2 Å². The van der Waals surface area contributed by atoms with Gasteiger partial charge in [0.15, 0.2) is 0 Å². The summed E-state index contributed by atoms with van der Waals surface area (Å²) in [5.41, 5.74) is -0.590. The zero-order chi connectivity index (χ0) is 24.2. The summed E-state index contributed by atoms with van der Waals surface area (Å²) in [4.78, 5) is 49.6. The summed E-state index contributed by atoms with van der Waals surface area (Å²) in [5.74, 6) is -2.51. The van der Waals surface area contributed by atoms with Crippen LogP contribution in [0.4, 0.5) is 0 Å². The molecule has 0 saturated carbocycles. The second kappa shape index (κ2) is 10.7. The number of carbonyl (C=O) groups excluding carboxylic acids is 3. The lowest BCUT2D eigenvalue weighted by Gasteiger charge is -2.44. The van der Waals surface area contributed by atoms with Crippen LogP contribution in [0.2, 0.25) is 0 Å². The third-order valence-electron chi connectivity index (χ3n) is 6.14. The molecule has 1 saturated heterocycles. The maximum Gasteiger partial charge on any atom is 0.353 e. The number of β-lactam (4-membered cyclic amide) rings is 1. The van der Waals surface area contributed by atoms with Crippen molar-refractivity contribution in [3.8, 4) is 0 Å². The number of amides is 3. The Morgan fingerprint density at radius 3 is 2.44 bits per heavy atom. The molecule has 2 heterocycles. The van der Waals surface area contributed by atoms with Crippen LogP contribution in [-0.4, -0.2) is 81.0 Å². The normalized spacial score (nSPS) is 22.2. The molecule has 32 heavy (non-hydrogen) atoms. The van der Waals surface area contributed by atoms with Crippen LogP contribution >= 0.6 is 11.8 Å². The number of carboxylic acids is 1. The van der Waals surface area contributed by atoms with E-state index in [9.17, 15) is 34.5 Å². The molecular formula is C21H33N3O7S. The molecule has 0 aromatic carbocycles. The molecule has 0 spiro atoms. The van der Waals surface area contributed by atoms with Crippen molar-refractivity contribution in [1.82, 2.24) is 15.5 Å². The Labute approximate surface area is 191 Å². The Bertz CT molecular complexity index is 796. The van der Waals surface area contributed by atoms with Crippen molar-refractivity contribution < 1.29 is 34.5 Å². The highest BCUT2D eigenvalue weighted by Crippen LogP contribution is 2.46. The van der Waals surface area contributed by atoms with Gasteiger partial charge in [0, 0.05) is 36.6 Å². The van der Waals surface area contributed by atoms with E-state index in [4.69, 9.17) is 0 Å². The van der Waals surface area contributed by atoms with Crippen molar-refractivity contribution in [2.45, 2.75) is 65.2 Å². The lowest BCUT2D eigenvalue weighted by molar-refractivity contribution is -0.161. The highest BCUT2D eigenvalue weighted by atomic mass is 32.2. The first kappa shape index (κ1) is 26.1. The lowest BCUT2D eigenvalue weighted by Crippen LogP contribution is -2.61. The first-order valence-corrected chi connectivity index (χ1v) is 11.7. The van der Waals surface area contributed by atoms with Gasteiger partial charge < -0.3 is 30.9 Å². The molecule has 2 aliphatic heterocycles. The fourth-order valence-corrected chi connectivity index (χ4v) is 4.82. The van der Waals surface area contributed by atoms with E-state index in [1.54, 1.807) is 13.8 Å². The number of carbonyl (C=O) groups is 4. The molecule has 2 rings (SSSR count). The fourth-order valence-electron chi connectivity index (χ4n) is 3.76. The second-order valence-electron chi connectivity index (χ2n) is 8.81. The van der Waals surface area contributed by atoms with Gasteiger partial charge in [0.05, 0.1) is 18.1 Å². The van der Waals surface area contributed by atoms with Crippen LogP contribution in [0.15, 0.2) is 10.6 Å². The largest absolute Gasteiger partial charge is 0.477 e. The number of aliphatic hydroxyl groups excluding tert-OH is 2. The molecule has 0 aromatic heterocycles. The highest BCUT2D eigenvalue weighted by Gasteiger charge is 2.56. The quantitative estimate of drug-likeness (QED) is 0.197. The van der Waals surface area contributed by atoms with Gasteiger partial charge in [0.2, 0.25) is 17.7 Å². The van der Waals surface area contributed by atoms with Gasteiger partial charge in [-0.1, -0.05) is 20.8 Å². The number of fused-ring (bicyclic) bond motifs is 1. The highest BCUT2D eigenvalue weighted by molar-refractivity contribution is 8.03. The Balaban J connectivity index is 1.73. The van der Waals surface area contributed by atoms with Crippen molar-refractivity contribution in [3.05, 3.63) is 10.6 Å². The third-order valence-corrected chi connectivity index (χ3v) is 7.26. The molecule has 1 fully saturated rings. The number of rotatable bonds is 12. The van der Waals surface area contributed by atoms with Gasteiger partial charge in [-0.3, -0.25) is 14.4 Å². The van der Waals surface area contributed by atoms with E-state index < -0.39 is 35.4 Å². The number of carboxylic acid groups (broad SMARTS) is 1. The van der Waals surface area contributed by atoms with Crippen LogP contribution in [0.3, 0.4) is 0 Å². The predicted molar refractivity (Wildman–Crippen MR) is 118 cm³/mol. The maximum absolute atomic E-state index is 12.2. The van der Waals surface area contributed by atoms with E-state index in [-0.39, 0.29) is 43.1 Å². The topological polar surface area (TPSA) is 156 Å². The van der Waals surface area contributed by atoms with Gasteiger partial charge in [-0.2, -0.15) is 0 Å². The average Bonchev–Trinajstić information content (AvgIpc) is 3.04. The SMILES string of the molecule is CCC(C)(C)[C@@H](O)C(=O)NCCC(=O)NCCSC1=C(C(=O)O)N2C(=O)[C@H]([C@@H](C)O)[C@H]2C1. The van der Waals surface area contributed by atoms with Crippen molar-refractivity contribution >= 4 is 35.5 Å². The summed E-state index contributed by atoms with van der Waals surface area (Å²) in [6, 6.07) is -0.331. The molecule has 10 nitrogen and oxygen atoms in total. The maximum atomic E-state index is 12.2. The lowest BCUT2D eigenvalue weighted by atomic mass is 9.83. The molecule has 180 valence electrons. The van der Waals surface area contributed by atoms with E-state index in [0.29, 0.717) is 23.5 Å². The van der Waals surface area contributed by atoms with Crippen molar-refractivity contribution in [1.29, 1.82) is 0 Å². The monoisotopic (exact) mass is 471 g/mol. The Hall–Kier alpha value is -2.11. The summed E-state index contributed by atoms with van der Waals surface area (Å²) < 4.78 is 0. The number of hydrogen-bond acceptors (Lipinski definition) is 7. The van der Waals surface area contributed by atoms with Crippen LogP contribution in [0.1, 0.15) is 47.0 Å². The molecule has 5 N–H and O–H groups in total. The second-order valence-corrected chi connectivity index (χ2v) is 10.00. The summed E-state index contributed by atoms with van der Waals surface area (Å²) >= 11 is 1.27. The standard InChI is InChI=1S/C21H33N3O7S/c1-5-21(3,4)17(27)18(28)23-7-6-14(26)22-8-9-32-13-10-12-15(11(2)25)19(29)24(12)16(13)20(30)31/h11-12,15,17,25,27H,5-10H2,1-4H3,(H,22,26)(H,23,28)(H,30,31)/t11-,12-,15-,17+/m1/s1. The number of aliphatic hydroxyl groups is 2. The number of aliphatic carboxylic acids is 1. The first-order chi connectivity index (χ1) is 14.9. The molecule has 2 aliphatic rings. The number of hydrogen-bond donors (Lipinski definition) is 5. The molecule has 0 aromatic rings. The molecule has 0 unspecified atom stereocenters. The van der Waals surface area contributed by atoms with Crippen molar-refractivity contribution in [2.24, 2.45) is 11.3 Å². The van der Waals surface area contributed by atoms with E-state index in [1.165, 1.54) is 23.6 Å². The smallest absolute Gasteiger partial charge is 0.353 e. The van der Waals surface area contributed by atoms with Gasteiger partial charge in [-0.15, -0.1) is 11.8 Å². The molecule has 3 amide bonds. The van der Waals surface area contributed by atoms with E-state index in [0.717, 1.165) is 0 Å². The summed E-state index contributed by atoms with van der Waals surface area (Å²) in [6.07, 6.45) is -0.923. The van der Waals surface area contributed by atoms with E-state index in [2.05, 4.69) is 10.6 Å². The predicted octanol–water partition coefficient (Wildman–Crippen LogP) is 0.0469. The summed E-state index contributed by atoms with van der Waals surface area (Å²) in [7, 11) is 0. The van der Waals surface area contributed by atoms with Crippen molar-refractivity contribution in [3.63, 3.8) is 0 Å². The molecule has 4 atom stereocenters. The van der Waals surface area contributed by atoms with Crippen LogP contribution < -0.4 is 10.6 Å². The summed E-state index contributed by atoms with van der Waals surface area (Å²) in [5, 5.41) is 34.6. The minimum Gasteiger partial charge on any atom is -0.477 e. The molecule has 0 radical (unpaired) electrons. The van der Waals surface area contributed by atoms with Crippen LogP contribution in [0.25, 0.3) is 0 Å². The molecule has 0 bridgehead atoms. The number of thioether (sulfide) groups is 1. The molecular weight excluding hydrogens is 438 g/mol. The average molecular weight is 472 g/mol. The fraction of sp³-hybridized carbons (Fsp3) is 0.714. The van der Waals surface area contributed by atoms with Crippen molar-refractivity contribution in [2.75, 3.05) is 18.8 Å². The molecule has 11 heteroatoms. The minimum atomic E-state index is -1.18. The number of nitrogens with one attached hydrogen (secondary N) is 2. The summed E-state index contributed by atoms with van der Waals surface area (Å²) in [6.45, 7) is 7.38.